The Bertz CT molecular complexity index is 1690. The largest absolute Gasteiger partial charge is 0.347 e. The van der Waals surface area contributed by atoms with Crippen molar-refractivity contribution in [3.8, 4) is 0 Å². The fraction of sp³-hybridized carbons (Fsp3) is 0.296. The molecule has 3 aliphatic heterocycles. The molecule has 0 aliphatic carbocycles. The molecule has 2 fully saturated rings. The molecular formula is C27H22ClN5O7S. The third-order valence-corrected chi connectivity index (χ3v) is 8.35. The molecule has 5 heterocycles. The van der Waals surface area contributed by atoms with Gasteiger partial charge in [0.2, 0.25) is 0 Å². The summed E-state index contributed by atoms with van der Waals surface area (Å²) in [6, 6.07) is 13.1. The monoisotopic (exact) mass is 595 g/mol. The molecule has 210 valence electrons. The molecule has 4 aromatic rings. The molecule has 14 heteroatoms. The van der Waals surface area contributed by atoms with Crippen LogP contribution in [-0.2, 0) is 29.5 Å². The average molecular weight is 596 g/mol. The predicted molar refractivity (Wildman–Crippen MR) is 144 cm³/mol. The maximum atomic E-state index is 13.1. The summed E-state index contributed by atoms with van der Waals surface area (Å²) < 4.78 is 38.7. The molecule has 0 saturated carbocycles. The van der Waals surface area contributed by atoms with E-state index < -0.39 is 53.2 Å². The average Bonchev–Trinajstić information content (AvgIpc) is 3.68. The lowest BCUT2D eigenvalue weighted by Gasteiger charge is -2.24. The van der Waals surface area contributed by atoms with Crippen LogP contribution in [-0.4, -0.2) is 66.2 Å². The van der Waals surface area contributed by atoms with Crippen molar-refractivity contribution in [1.29, 1.82) is 0 Å². The molecule has 0 spiro atoms. The number of fused-ring (bicyclic) bond motifs is 3. The van der Waals surface area contributed by atoms with Crippen LogP contribution in [0.5, 0.6) is 0 Å². The Labute approximate surface area is 240 Å². The molecule has 12 nitrogen and oxygen atoms in total. The number of amides is 2. The minimum Gasteiger partial charge on any atom is -0.347 e. The topological polar surface area (TPSA) is 135 Å². The first-order chi connectivity index (χ1) is 19.7. The normalized spacial score (nSPS) is 25.6. The summed E-state index contributed by atoms with van der Waals surface area (Å²) in [5.74, 6) is -1.83. The van der Waals surface area contributed by atoms with Crippen LogP contribution >= 0.6 is 11.6 Å². The molecule has 3 aliphatic rings. The second kappa shape index (κ2) is 9.76. The van der Waals surface area contributed by atoms with Crippen LogP contribution in [0.3, 0.4) is 0 Å². The maximum Gasteiger partial charge on any atom is 0.267 e. The number of imidazole rings is 1. The zero-order valence-electron chi connectivity index (χ0n) is 21.7. The molecule has 5 unspecified atom stereocenters. The minimum atomic E-state index is -1.76. The molecule has 0 radical (unpaired) electrons. The van der Waals surface area contributed by atoms with Crippen molar-refractivity contribution in [2.24, 2.45) is 0 Å². The smallest absolute Gasteiger partial charge is 0.267 e. The van der Waals surface area contributed by atoms with E-state index in [4.69, 9.17) is 30.0 Å². The van der Waals surface area contributed by atoms with E-state index in [-0.39, 0.29) is 17.9 Å². The molecule has 7 rings (SSSR count). The summed E-state index contributed by atoms with van der Waals surface area (Å²) in [6.07, 6.45) is 0.224. The molecule has 41 heavy (non-hydrogen) atoms. The molecule has 0 bridgehead atoms. The van der Waals surface area contributed by atoms with E-state index in [1.54, 1.807) is 66.9 Å². The van der Waals surface area contributed by atoms with Crippen molar-refractivity contribution >= 4 is 51.5 Å². The van der Waals surface area contributed by atoms with E-state index >= 15 is 0 Å². The molecule has 5 atom stereocenters. The zero-order chi connectivity index (χ0) is 28.5. The minimum absolute atomic E-state index is 0.0474. The number of nitrogens with zero attached hydrogens (tertiary/aromatic N) is 5. The summed E-state index contributed by atoms with van der Waals surface area (Å²) in [5.41, 5.74) is 1.16. The fourth-order valence-electron chi connectivity index (χ4n) is 5.33. The van der Waals surface area contributed by atoms with Crippen LogP contribution in [0.25, 0.3) is 11.2 Å². The highest BCUT2D eigenvalue weighted by molar-refractivity contribution is 7.80. The number of ether oxygens (including phenoxy) is 3. The molecular weight excluding hydrogens is 574 g/mol. The van der Waals surface area contributed by atoms with Crippen LogP contribution in [0.15, 0.2) is 66.1 Å². The quantitative estimate of drug-likeness (QED) is 0.305. The van der Waals surface area contributed by atoms with Crippen LogP contribution < -0.4 is 4.90 Å². The van der Waals surface area contributed by atoms with E-state index in [9.17, 15) is 13.8 Å². The van der Waals surface area contributed by atoms with Gasteiger partial charge in [-0.25, -0.2) is 24.1 Å². The number of carbonyl (C=O) groups is 2. The summed E-state index contributed by atoms with van der Waals surface area (Å²) in [7, 11) is 0. The van der Waals surface area contributed by atoms with Crippen LogP contribution in [0.4, 0.5) is 5.82 Å². The van der Waals surface area contributed by atoms with Crippen molar-refractivity contribution < 1.29 is 32.2 Å². The number of imide groups is 1. The summed E-state index contributed by atoms with van der Waals surface area (Å²) in [5, 5.41) is 0.525. The second-order valence-corrected chi connectivity index (χ2v) is 11.7. The van der Waals surface area contributed by atoms with E-state index in [1.807, 2.05) is 0 Å². The van der Waals surface area contributed by atoms with Crippen molar-refractivity contribution in [2.75, 3.05) is 11.5 Å². The Hall–Kier alpha value is -3.59. The van der Waals surface area contributed by atoms with Gasteiger partial charge < -0.3 is 14.2 Å². The number of hydrogen-bond donors (Lipinski definition) is 0. The number of anilines is 1. The summed E-state index contributed by atoms with van der Waals surface area (Å²) >= 11 is 4.17. The Morgan fingerprint density at radius 3 is 2.37 bits per heavy atom. The number of aromatic nitrogens is 4. The Kier molecular flexibility index (Phi) is 6.26. The lowest BCUT2D eigenvalue weighted by Crippen LogP contribution is -2.33. The van der Waals surface area contributed by atoms with E-state index in [2.05, 4.69) is 15.0 Å². The number of benzene rings is 2. The van der Waals surface area contributed by atoms with E-state index in [1.165, 1.54) is 12.7 Å². The first-order valence-corrected chi connectivity index (χ1v) is 14.1. The van der Waals surface area contributed by atoms with Gasteiger partial charge in [-0.1, -0.05) is 23.7 Å². The van der Waals surface area contributed by atoms with Gasteiger partial charge in [0.25, 0.3) is 11.8 Å². The van der Waals surface area contributed by atoms with Crippen molar-refractivity contribution in [2.45, 2.75) is 49.1 Å². The highest BCUT2D eigenvalue weighted by atomic mass is 35.5. The highest BCUT2D eigenvalue weighted by Crippen LogP contribution is 2.44. The standard InChI is InChI=1S/C27H22ClN5O7S/c1-27(2)39-20-18(11-37-41(36)15-9-7-14(28)8-10-15)38-26(21(20)40-27)32-13-31-19-22(32)29-12-30-23(19)33-24(34)16-5-3-4-6-17(16)25(33)35/h3-10,12-13,18,20-21,26H,11H2,1-2H3. The SMILES string of the molecule is CC1(C)OC2C(COS(=O)c3ccc(Cl)cc3)OC(n3cnc4c(N5C(=O)c6ccccc6C5=O)ncnc43)C2O1. The highest BCUT2D eigenvalue weighted by Gasteiger charge is 2.56. The predicted octanol–water partition coefficient (Wildman–Crippen LogP) is 3.44. The van der Waals surface area contributed by atoms with Gasteiger partial charge in [0.1, 0.15) is 24.6 Å². The Morgan fingerprint density at radius 2 is 1.66 bits per heavy atom. The van der Waals surface area contributed by atoms with Crippen LogP contribution in [0.1, 0.15) is 40.8 Å². The van der Waals surface area contributed by atoms with E-state index in [0.717, 1.165) is 4.90 Å². The van der Waals surface area contributed by atoms with Gasteiger partial charge in [0.15, 0.2) is 40.1 Å². The molecule has 0 N–H and O–H groups in total. The number of rotatable bonds is 6. The van der Waals surface area contributed by atoms with Gasteiger partial charge in [-0.2, -0.15) is 0 Å². The first-order valence-electron chi connectivity index (χ1n) is 12.7. The van der Waals surface area contributed by atoms with Gasteiger partial charge in [-0.3, -0.25) is 18.3 Å². The van der Waals surface area contributed by atoms with Crippen LogP contribution in [0.2, 0.25) is 5.02 Å². The van der Waals surface area contributed by atoms with Crippen molar-refractivity contribution in [3.63, 3.8) is 0 Å². The first kappa shape index (κ1) is 26.3. The third kappa shape index (κ3) is 4.36. The van der Waals surface area contributed by atoms with Gasteiger partial charge in [0, 0.05) is 5.02 Å². The molecule has 2 aromatic heterocycles. The number of hydrogen-bond acceptors (Lipinski definition) is 10. The Balaban J connectivity index is 1.18. The zero-order valence-corrected chi connectivity index (χ0v) is 23.2. The van der Waals surface area contributed by atoms with Crippen LogP contribution in [0, 0.1) is 0 Å². The van der Waals surface area contributed by atoms with Crippen molar-refractivity contribution in [3.05, 3.63) is 77.3 Å². The van der Waals surface area contributed by atoms with Crippen molar-refractivity contribution in [1.82, 2.24) is 19.5 Å². The van der Waals surface area contributed by atoms with Gasteiger partial charge in [-0.05, 0) is 50.2 Å². The number of carbonyl (C=O) groups excluding carboxylic acids is 2. The third-order valence-electron chi connectivity index (χ3n) is 7.09. The molecule has 2 saturated heterocycles. The van der Waals surface area contributed by atoms with Gasteiger partial charge in [0.05, 0.1) is 29.0 Å². The molecule has 2 amide bonds. The second-order valence-electron chi connectivity index (χ2n) is 10.1. The van der Waals surface area contributed by atoms with E-state index in [0.29, 0.717) is 26.7 Å². The maximum absolute atomic E-state index is 13.1. The number of halogens is 1. The van der Waals surface area contributed by atoms with Gasteiger partial charge >= 0.3 is 0 Å². The Morgan fingerprint density at radius 1 is 0.976 bits per heavy atom. The lowest BCUT2D eigenvalue weighted by atomic mass is 10.1. The molecule has 2 aromatic carbocycles. The summed E-state index contributed by atoms with van der Waals surface area (Å²) in [6.45, 7) is 3.54. The summed E-state index contributed by atoms with van der Waals surface area (Å²) in [4.78, 5) is 40.8. The lowest BCUT2D eigenvalue weighted by molar-refractivity contribution is -0.198. The van der Waals surface area contributed by atoms with Gasteiger partial charge in [-0.15, -0.1) is 0 Å². The fourth-order valence-corrected chi connectivity index (χ4v) is 6.21.